The largest absolute Gasteiger partial charge is 0.275 e. The van der Waals surface area contributed by atoms with Crippen molar-refractivity contribution in [1.29, 1.82) is 0 Å². The first-order chi connectivity index (χ1) is 6.77. The number of carbonyl (C=O) groups excluding carboxylic acids is 1. The summed E-state index contributed by atoms with van der Waals surface area (Å²) in [5.74, 6) is 0.650. The van der Waals surface area contributed by atoms with E-state index in [0.29, 0.717) is 11.4 Å². The van der Waals surface area contributed by atoms with Gasteiger partial charge in [-0.05, 0) is 23.7 Å². The van der Waals surface area contributed by atoms with Crippen LogP contribution >= 0.6 is 11.6 Å². The normalized spacial score (nSPS) is 10.1. The summed E-state index contributed by atoms with van der Waals surface area (Å²) in [4.78, 5) is 14.8. The van der Waals surface area contributed by atoms with Crippen molar-refractivity contribution in [2.75, 3.05) is 0 Å². The van der Waals surface area contributed by atoms with Crippen LogP contribution in [0.5, 0.6) is 0 Å². The highest BCUT2D eigenvalue weighted by atomic mass is 35.5. The van der Waals surface area contributed by atoms with Gasteiger partial charge in [0.15, 0.2) is 5.82 Å². The molecule has 2 aromatic heterocycles. The SMILES string of the molecule is O=C(Cl)c1cnn(-c2ccccn2)c1. The number of rotatable bonds is 2. The van der Waals surface area contributed by atoms with Gasteiger partial charge in [0.2, 0.25) is 0 Å². The van der Waals surface area contributed by atoms with E-state index in [1.165, 1.54) is 17.1 Å². The Hall–Kier alpha value is -1.68. The molecular weight excluding hydrogens is 202 g/mol. The van der Waals surface area contributed by atoms with E-state index in [-0.39, 0.29) is 0 Å². The zero-order valence-electron chi connectivity index (χ0n) is 7.09. The van der Waals surface area contributed by atoms with E-state index >= 15 is 0 Å². The molecule has 0 bridgehead atoms. The highest BCUT2D eigenvalue weighted by Gasteiger charge is 2.05. The molecule has 0 radical (unpaired) electrons. The molecule has 0 aliphatic heterocycles. The predicted octanol–water partition coefficient (Wildman–Crippen LogP) is 1.65. The summed E-state index contributed by atoms with van der Waals surface area (Å²) in [6.45, 7) is 0. The summed E-state index contributed by atoms with van der Waals surface area (Å²) in [6, 6.07) is 5.43. The molecule has 5 heteroatoms. The van der Waals surface area contributed by atoms with Gasteiger partial charge >= 0.3 is 0 Å². The van der Waals surface area contributed by atoms with Gasteiger partial charge in [-0.15, -0.1) is 0 Å². The van der Waals surface area contributed by atoms with Crippen LogP contribution in [0.2, 0.25) is 0 Å². The van der Waals surface area contributed by atoms with Gasteiger partial charge in [-0.2, -0.15) is 5.10 Å². The Morgan fingerprint density at radius 1 is 1.43 bits per heavy atom. The average Bonchev–Trinajstić information content (AvgIpc) is 2.68. The van der Waals surface area contributed by atoms with Crippen molar-refractivity contribution in [2.24, 2.45) is 0 Å². The Balaban J connectivity index is 2.39. The lowest BCUT2D eigenvalue weighted by Gasteiger charge is -1.96. The zero-order chi connectivity index (χ0) is 9.97. The second kappa shape index (κ2) is 3.59. The summed E-state index contributed by atoms with van der Waals surface area (Å²) in [6.07, 6.45) is 4.60. The van der Waals surface area contributed by atoms with Crippen LogP contribution in [-0.2, 0) is 0 Å². The summed E-state index contributed by atoms with van der Waals surface area (Å²) >= 11 is 5.29. The molecule has 0 saturated heterocycles. The highest BCUT2D eigenvalue weighted by Crippen LogP contribution is 2.06. The monoisotopic (exact) mass is 207 g/mol. The molecule has 0 N–H and O–H groups in total. The maximum Gasteiger partial charge on any atom is 0.255 e. The maximum atomic E-state index is 10.8. The van der Waals surface area contributed by atoms with Gasteiger partial charge < -0.3 is 0 Å². The molecular formula is C9H6ClN3O. The van der Waals surface area contributed by atoms with E-state index in [1.807, 2.05) is 6.07 Å². The average molecular weight is 208 g/mol. The molecule has 0 unspecified atom stereocenters. The molecule has 2 aromatic rings. The first kappa shape index (κ1) is 8.90. The van der Waals surface area contributed by atoms with Crippen LogP contribution in [0.4, 0.5) is 0 Å². The molecule has 2 heterocycles. The van der Waals surface area contributed by atoms with Crippen molar-refractivity contribution in [3.05, 3.63) is 42.4 Å². The van der Waals surface area contributed by atoms with Gasteiger partial charge in [0.25, 0.3) is 5.24 Å². The van der Waals surface area contributed by atoms with Crippen molar-refractivity contribution in [3.8, 4) is 5.82 Å². The number of nitrogens with zero attached hydrogens (tertiary/aromatic N) is 3. The van der Waals surface area contributed by atoms with E-state index in [1.54, 1.807) is 18.3 Å². The van der Waals surface area contributed by atoms with E-state index in [0.717, 1.165) is 0 Å². The highest BCUT2D eigenvalue weighted by molar-refractivity contribution is 6.67. The van der Waals surface area contributed by atoms with Crippen LogP contribution in [-0.4, -0.2) is 20.0 Å². The fourth-order valence-corrected chi connectivity index (χ4v) is 1.14. The van der Waals surface area contributed by atoms with Crippen LogP contribution in [0, 0.1) is 0 Å². The molecule has 0 saturated carbocycles. The second-order valence-electron chi connectivity index (χ2n) is 2.64. The molecule has 14 heavy (non-hydrogen) atoms. The quantitative estimate of drug-likeness (QED) is 0.704. The minimum Gasteiger partial charge on any atom is -0.275 e. The summed E-state index contributed by atoms with van der Waals surface area (Å²) in [5.41, 5.74) is 0.359. The Morgan fingerprint density at radius 3 is 2.86 bits per heavy atom. The fourth-order valence-electron chi connectivity index (χ4n) is 1.04. The Labute approximate surface area is 85.1 Å². The fraction of sp³-hybridized carbons (Fsp3) is 0. The van der Waals surface area contributed by atoms with Gasteiger partial charge in [0, 0.05) is 12.4 Å². The molecule has 0 atom stereocenters. The summed E-state index contributed by atoms with van der Waals surface area (Å²) in [7, 11) is 0. The lowest BCUT2D eigenvalue weighted by Crippen LogP contribution is -1.96. The second-order valence-corrected chi connectivity index (χ2v) is 2.98. The number of aromatic nitrogens is 3. The third kappa shape index (κ3) is 1.65. The molecule has 0 spiro atoms. The summed E-state index contributed by atoms with van der Waals surface area (Å²) in [5, 5.41) is 3.44. The number of pyridine rings is 1. The predicted molar refractivity (Wildman–Crippen MR) is 51.5 cm³/mol. The molecule has 0 aromatic carbocycles. The summed E-state index contributed by atoms with van der Waals surface area (Å²) < 4.78 is 1.50. The Morgan fingerprint density at radius 2 is 2.29 bits per heavy atom. The topological polar surface area (TPSA) is 47.8 Å². The Bertz CT molecular complexity index is 452. The van der Waals surface area contributed by atoms with Crippen LogP contribution in [0.15, 0.2) is 36.8 Å². The lowest BCUT2D eigenvalue weighted by molar-refractivity contribution is 0.108. The third-order valence-electron chi connectivity index (χ3n) is 1.69. The number of carbonyl (C=O) groups is 1. The Kier molecular flexibility index (Phi) is 2.28. The van der Waals surface area contributed by atoms with Crippen LogP contribution in [0.3, 0.4) is 0 Å². The smallest absolute Gasteiger partial charge is 0.255 e. The van der Waals surface area contributed by atoms with Crippen molar-refractivity contribution >= 4 is 16.8 Å². The number of halogens is 1. The molecule has 4 nitrogen and oxygen atoms in total. The molecule has 0 fully saturated rings. The lowest BCUT2D eigenvalue weighted by atomic mass is 10.4. The van der Waals surface area contributed by atoms with E-state index in [2.05, 4.69) is 10.1 Å². The maximum absolute atomic E-state index is 10.8. The van der Waals surface area contributed by atoms with Crippen LogP contribution in [0.25, 0.3) is 5.82 Å². The van der Waals surface area contributed by atoms with Crippen molar-refractivity contribution < 1.29 is 4.79 Å². The molecule has 70 valence electrons. The molecule has 0 aliphatic carbocycles. The van der Waals surface area contributed by atoms with Gasteiger partial charge in [0.1, 0.15) is 0 Å². The van der Waals surface area contributed by atoms with Gasteiger partial charge in [-0.1, -0.05) is 6.07 Å². The van der Waals surface area contributed by atoms with Gasteiger partial charge in [-0.25, -0.2) is 9.67 Å². The molecule has 2 rings (SSSR count). The standard InChI is InChI=1S/C9H6ClN3O/c10-9(14)7-5-12-13(6-7)8-3-1-2-4-11-8/h1-6H. The van der Waals surface area contributed by atoms with Gasteiger partial charge in [0.05, 0.1) is 11.8 Å². The first-order valence-corrected chi connectivity index (χ1v) is 4.31. The van der Waals surface area contributed by atoms with Crippen molar-refractivity contribution in [2.45, 2.75) is 0 Å². The number of hydrogen-bond acceptors (Lipinski definition) is 3. The number of hydrogen-bond donors (Lipinski definition) is 0. The minimum absolute atomic E-state index is 0.359. The molecule has 0 amide bonds. The van der Waals surface area contributed by atoms with E-state index in [4.69, 9.17) is 11.6 Å². The van der Waals surface area contributed by atoms with Gasteiger partial charge in [-0.3, -0.25) is 4.79 Å². The molecule has 0 aliphatic rings. The van der Waals surface area contributed by atoms with Crippen molar-refractivity contribution in [3.63, 3.8) is 0 Å². The van der Waals surface area contributed by atoms with E-state index in [9.17, 15) is 4.79 Å². The minimum atomic E-state index is -0.521. The zero-order valence-corrected chi connectivity index (χ0v) is 7.85. The first-order valence-electron chi connectivity index (χ1n) is 3.93. The van der Waals surface area contributed by atoms with Crippen LogP contribution < -0.4 is 0 Å². The van der Waals surface area contributed by atoms with E-state index < -0.39 is 5.24 Å². The third-order valence-corrected chi connectivity index (χ3v) is 1.91. The van der Waals surface area contributed by atoms with Crippen LogP contribution in [0.1, 0.15) is 10.4 Å². The van der Waals surface area contributed by atoms with Crippen molar-refractivity contribution in [1.82, 2.24) is 14.8 Å².